The lowest BCUT2D eigenvalue weighted by molar-refractivity contribution is -1.06. The SMILES string of the molecule is C[C@@H]1NC(=O)[C@@H]([NH+]([O-])O)Cc2cn(c3ccccc23)C(=O)c2ccccc2NC1=O. The van der Waals surface area contributed by atoms with Crippen molar-refractivity contribution >= 4 is 34.3 Å². The van der Waals surface area contributed by atoms with Crippen molar-refractivity contribution in [2.45, 2.75) is 25.4 Å². The number of anilines is 1. The van der Waals surface area contributed by atoms with Crippen LogP contribution in [0.15, 0.2) is 54.7 Å². The van der Waals surface area contributed by atoms with Crippen molar-refractivity contribution < 1.29 is 24.8 Å². The standard InChI is InChI=1S/C21H20N4O5/c1-12-19(26)23-16-8-4-2-7-15(16)21(28)24-11-13(14-6-3-5-9-17(14)24)10-18(25(29)30)20(27)22-12/h2-9,11-12,18,25,29H,10H2,1H3,(H,22,27)(H,23,26)/t12-,18-/m0/s1. The minimum Gasteiger partial charge on any atom is -0.599 e. The Morgan fingerprint density at radius 3 is 2.53 bits per heavy atom. The predicted octanol–water partition coefficient (Wildman–Crippen LogP) is 0.470. The number of carbonyl (C=O) groups excluding carboxylic acids is 3. The van der Waals surface area contributed by atoms with E-state index in [9.17, 15) is 24.8 Å². The van der Waals surface area contributed by atoms with Gasteiger partial charge in [-0.25, -0.2) is 10.4 Å². The summed E-state index contributed by atoms with van der Waals surface area (Å²) < 4.78 is 1.42. The number of aromatic nitrogens is 1. The molecule has 9 nitrogen and oxygen atoms in total. The van der Waals surface area contributed by atoms with Gasteiger partial charge in [0.1, 0.15) is 6.04 Å². The highest BCUT2D eigenvalue weighted by molar-refractivity contribution is 6.09. The molecule has 2 amide bonds. The van der Waals surface area contributed by atoms with Gasteiger partial charge in [0.15, 0.2) is 6.04 Å². The maximum Gasteiger partial charge on any atom is 0.282 e. The van der Waals surface area contributed by atoms with Gasteiger partial charge in [-0.05, 0) is 30.7 Å². The second-order valence-electron chi connectivity index (χ2n) is 7.21. The highest BCUT2D eigenvalue weighted by Gasteiger charge is 2.31. The molecule has 4 N–H and O–H groups in total. The normalized spacial score (nSPS) is 21.0. The minimum absolute atomic E-state index is 0.113. The number of quaternary nitrogens is 1. The van der Waals surface area contributed by atoms with Crippen molar-refractivity contribution in [2.75, 3.05) is 5.32 Å². The molecule has 154 valence electrons. The van der Waals surface area contributed by atoms with E-state index in [0.717, 1.165) is 0 Å². The number of para-hydroxylation sites is 2. The zero-order valence-electron chi connectivity index (χ0n) is 16.1. The number of benzene rings is 2. The van der Waals surface area contributed by atoms with E-state index in [1.54, 1.807) is 54.7 Å². The summed E-state index contributed by atoms with van der Waals surface area (Å²) in [5.41, 5.74) is 1.74. The summed E-state index contributed by atoms with van der Waals surface area (Å²) in [4.78, 5) is 38.5. The molecule has 0 radical (unpaired) electrons. The van der Waals surface area contributed by atoms with E-state index < -0.39 is 29.1 Å². The summed E-state index contributed by atoms with van der Waals surface area (Å²) in [6.45, 7) is 1.46. The Hall–Kier alpha value is -3.53. The molecule has 1 aliphatic heterocycles. The molecule has 0 saturated heterocycles. The quantitative estimate of drug-likeness (QED) is 0.435. The molecule has 1 aliphatic rings. The van der Waals surface area contributed by atoms with Crippen molar-refractivity contribution in [3.63, 3.8) is 0 Å². The van der Waals surface area contributed by atoms with Crippen LogP contribution in [0.1, 0.15) is 22.8 Å². The minimum atomic E-state index is -1.40. The largest absolute Gasteiger partial charge is 0.599 e. The number of carbonyl (C=O) groups is 3. The Kier molecular flexibility index (Phi) is 5.08. The summed E-state index contributed by atoms with van der Waals surface area (Å²) in [5.74, 6) is -1.68. The molecule has 2 heterocycles. The lowest BCUT2D eigenvalue weighted by Crippen LogP contribution is -3.11. The fourth-order valence-corrected chi connectivity index (χ4v) is 3.62. The lowest BCUT2D eigenvalue weighted by Gasteiger charge is -2.24. The van der Waals surface area contributed by atoms with Gasteiger partial charge in [0, 0.05) is 18.0 Å². The first-order valence-corrected chi connectivity index (χ1v) is 9.43. The summed E-state index contributed by atoms with van der Waals surface area (Å²) in [5, 5.41) is 25.9. The molecule has 3 atom stereocenters. The summed E-state index contributed by atoms with van der Waals surface area (Å²) >= 11 is 0. The topological polar surface area (TPSA) is 128 Å². The van der Waals surface area contributed by atoms with Crippen LogP contribution in [0.2, 0.25) is 0 Å². The summed E-state index contributed by atoms with van der Waals surface area (Å²) in [7, 11) is 0. The van der Waals surface area contributed by atoms with Gasteiger partial charge in [-0.1, -0.05) is 30.3 Å². The second kappa shape index (κ2) is 7.71. The van der Waals surface area contributed by atoms with Gasteiger partial charge >= 0.3 is 0 Å². The van der Waals surface area contributed by atoms with Crippen molar-refractivity contribution in [3.8, 4) is 0 Å². The van der Waals surface area contributed by atoms with Gasteiger partial charge in [-0.3, -0.25) is 19.0 Å². The van der Waals surface area contributed by atoms with Crippen LogP contribution >= 0.6 is 0 Å². The first-order chi connectivity index (χ1) is 14.4. The average molecular weight is 408 g/mol. The third-order valence-corrected chi connectivity index (χ3v) is 5.22. The van der Waals surface area contributed by atoms with E-state index in [4.69, 9.17) is 0 Å². The molecule has 0 fully saturated rings. The molecular formula is C21H20N4O5. The number of fused-ring (bicyclic) bond motifs is 6. The van der Waals surface area contributed by atoms with Crippen LogP contribution in [0.4, 0.5) is 5.69 Å². The number of nitrogens with zero attached hydrogens (tertiary/aromatic N) is 1. The van der Waals surface area contributed by atoms with E-state index in [1.807, 2.05) is 0 Å². The molecule has 2 bridgehead atoms. The van der Waals surface area contributed by atoms with Crippen molar-refractivity contribution in [2.24, 2.45) is 0 Å². The maximum absolute atomic E-state index is 13.4. The van der Waals surface area contributed by atoms with Gasteiger partial charge in [-0.2, -0.15) is 0 Å². The smallest absolute Gasteiger partial charge is 0.282 e. The van der Waals surface area contributed by atoms with E-state index in [2.05, 4.69) is 10.6 Å². The van der Waals surface area contributed by atoms with E-state index >= 15 is 0 Å². The van der Waals surface area contributed by atoms with E-state index in [-0.39, 0.29) is 17.9 Å². The zero-order chi connectivity index (χ0) is 21.4. The van der Waals surface area contributed by atoms with Crippen LogP contribution in [0.3, 0.4) is 0 Å². The molecule has 1 unspecified atom stereocenters. The Bertz CT molecular complexity index is 1150. The molecule has 3 aromatic rings. The van der Waals surface area contributed by atoms with Crippen LogP contribution in [-0.2, 0) is 16.0 Å². The first kappa shape index (κ1) is 19.8. The lowest BCUT2D eigenvalue weighted by atomic mass is 10.0. The molecule has 4 rings (SSSR count). The van der Waals surface area contributed by atoms with Crippen molar-refractivity contribution in [1.82, 2.24) is 9.88 Å². The maximum atomic E-state index is 13.4. The predicted molar refractivity (Wildman–Crippen MR) is 108 cm³/mol. The third kappa shape index (κ3) is 3.45. The Balaban J connectivity index is 1.93. The number of rotatable bonds is 1. The monoisotopic (exact) mass is 408 g/mol. The van der Waals surface area contributed by atoms with Crippen LogP contribution in [0.5, 0.6) is 0 Å². The fraction of sp³-hybridized carbons (Fsp3) is 0.190. The number of amides is 2. The Morgan fingerprint density at radius 2 is 1.77 bits per heavy atom. The molecule has 0 aliphatic carbocycles. The highest BCUT2D eigenvalue weighted by atomic mass is 16.8. The molecule has 9 heteroatoms. The van der Waals surface area contributed by atoms with Gasteiger partial charge in [-0.15, -0.1) is 0 Å². The van der Waals surface area contributed by atoms with Crippen molar-refractivity contribution in [3.05, 3.63) is 71.1 Å². The molecule has 30 heavy (non-hydrogen) atoms. The second-order valence-corrected chi connectivity index (χ2v) is 7.21. The van der Waals surface area contributed by atoms with Crippen LogP contribution in [0, 0.1) is 5.21 Å². The third-order valence-electron chi connectivity index (χ3n) is 5.22. The number of hydroxylamine groups is 2. The molecule has 0 saturated carbocycles. The van der Waals surface area contributed by atoms with Crippen molar-refractivity contribution in [1.29, 1.82) is 0 Å². The van der Waals surface area contributed by atoms with E-state index in [1.165, 1.54) is 11.5 Å². The Labute approximate surface area is 171 Å². The van der Waals surface area contributed by atoms with Gasteiger partial charge in [0.05, 0.1) is 16.8 Å². The number of hydrogen-bond donors (Lipinski definition) is 4. The first-order valence-electron chi connectivity index (χ1n) is 9.43. The average Bonchev–Trinajstić information content (AvgIpc) is 3.09. The van der Waals surface area contributed by atoms with Crippen LogP contribution in [-0.4, -0.2) is 39.6 Å². The fourth-order valence-electron chi connectivity index (χ4n) is 3.62. The number of hydrogen-bond acceptors (Lipinski definition) is 5. The van der Waals surface area contributed by atoms with Gasteiger partial charge in [0.25, 0.3) is 11.8 Å². The van der Waals surface area contributed by atoms with E-state index in [0.29, 0.717) is 22.2 Å². The zero-order valence-corrected chi connectivity index (χ0v) is 16.1. The van der Waals surface area contributed by atoms with Gasteiger partial charge < -0.3 is 15.8 Å². The van der Waals surface area contributed by atoms with Crippen LogP contribution < -0.4 is 15.9 Å². The van der Waals surface area contributed by atoms with Gasteiger partial charge in [0.2, 0.25) is 5.91 Å². The molecule has 2 aromatic carbocycles. The molecular weight excluding hydrogens is 388 g/mol. The molecule has 0 spiro atoms. The number of nitrogens with one attached hydrogen (secondary N) is 3. The molecule has 1 aromatic heterocycles. The van der Waals surface area contributed by atoms with Crippen LogP contribution in [0.25, 0.3) is 10.9 Å². The Morgan fingerprint density at radius 1 is 1.07 bits per heavy atom. The highest BCUT2D eigenvalue weighted by Crippen LogP contribution is 2.26. The summed E-state index contributed by atoms with van der Waals surface area (Å²) in [6, 6.07) is 11.3. The summed E-state index contributed by atoms with van der Waals surface area (Å²) in [6.07, 6.45) is 1.45.